The topological polar surface area (TPSA) is 66.8 Å². The molecule has 1 aromatic heterocycles. The zero-order valence-electron chi connectivity index (χ0n) is 14.8. The van der Waals surface area contributed by atoms with E-state index < -0.39 is 11.4 Å². The average Bonchev–Trinajstić information content (AvgIpc) is 3.10. The summed E-state index contributed by atoms with van der Waals surface area (Å²) in [5, 5.41) is 11.5. The number of para-hydroxylation sites is 1. The molecule has 1 aliphatic carbocycles. The first kappa shape index (κ1) is 18.5. The third-order valence-electron chi connectivity index (χ3n) is 5.09. The molecule has 3 rings (SSSR count). The van der Waals surface area contributed by atoms with E-state index in [1.165, 1.54) is 0 Å². The van der Waals surface area contributed by atoms with Gasteiger partial charge in [0.25, 0.3) is 0 Å². The second-order valence-corrected chi connectivity index (χ2v) is 7.79. The first-order valence-electron chi connectivity index (χ1n) is 8.69. The van der Waals surface area contributed by atoms with Gasteiger partial charge in [-0.15, -0.1) is 11.3 Å². The van der Waals surface area contributed by atoms with Crippen LogP contribution in [0.1, 0.15) is 36.1 Å². The van der Waals surface area contributed by atoms with Gasteiger partial charge in [0.1, 0.15) is 5.75 Å². The molecule has 0 bridgehead atoms. The Hall–Kier alpha value is -2.34. The van der Waals surface area contributed by atoms with E-state index in [2.05, 4.69) is 0 Å². The predicted molar refractivity (Wildman–Crippen MR) is 100 cm³/mol. The molecule has 1 amide bonds. The summed E-state index contributed by atoms with van der Waals surface area (Å²) >= 11 is 1.59. The van der Waals surface area contributed by atoms with Crippen molar-refractivity contribution in [3.63, 3.8) is 0 Å². The number of carboxylic acid groups (broad SMARTS) is 1. The van der Waals surface area contributed by atoms with Gasteiger partial charge >= 0.3 is 5.97 Å². The molecule has 5 nitrogen and oxygen atoms in total. The zero-order chi connectivity index (χ0) is 18.6. The number of hydrogen-bond donors (Lipinski definition) is 1. The Kier molecular flexibility index (Phi) is 5.61. The van der Waals surface area contributed by atoms with Crippen LogP contribution in [0.2, 0.25) is 0 Å². The van der Waals surface area contributed by atoms with Gasteiger partial charge in [-0.2, -0.15) is 0 Å². The quantitative estimate of drug-likeness (QED) is 0.761. The summed E-state index contributed by atoms with van der Waals surface area (Å²) < 4.78 is 5.40. The summed E-state index contributed by atoms with van der Waals surface area (Å²) in [6.07, 6.45) is 2.09. The Morgan fingerprint density at radius 2 is 1.96 bits per heavy atom. The smallest absolute Gasteiger partial charge is 0.310 e. The molecule has 6 heteroatoms. The second-order valence-electron chi connectivity index (χ2n) is 6.76. The minimum atomic E-state index is -0.883. The molecule has 0 aliphatic heterocycles. The van der Waals surface area contributed by atoms with Crippen molar-refractivity contribution in [3.05, 3.63) is 52.2 Å². The Labute approximate surface area is 157 Å². The lowest BCUT2D eigenvalue weighted by atomic mass is 9.66. The van der Waals surface area contributed by atoms with Crippen LogP contribution in [0, 0.1) is 5.41 Å². The Morgan fingerprint density at radius 1 is 1.19 bits per heavy atom. The molecule has 1 N–H and O–H groups in total. The summed E-state index contributed by atoms with van der Waals surface area (Å²) in [4.78, 5) is 27.5. The van der Waals surface area contributed by atoms with Crippen LogP contribution in [0.15, 0.2) is 41.8 Å². The minimum absolute atomic E-state index is 0.0584. The third-order valence-corrected chi connectivity index (χ3v) is 5.95. The molecule has 26 heavy (non-hydrogen) atoms. The fraction of sp³-hybridized carbons (Fsp3) is 0.400. The summed E-state index contributed by atoms with van der Waals surface area (Å²) in [5.41, 5.74) is 0.0313. The number of carbonyl (C=O) groups excluding carboxylic acids is 1. The van der Waals surface area contributed by atoms with Crippen LogP contribution < -0.4 is 4.74 Å². The molecule has 0 unspecified atom stereocenters. The number of hydrogen-bond acceptors (Lipinski definition) is 4. The van der Waals surface area contributed by atoms with Crippen molar-refractivity contribution in [1.82, 2.24) is 4.90 Å². The zero-order valence-corrected chi connectivity index (χ0v) is 15.6. The Balaban J connectivity index is 1.80. The van der Waals surface area contributed by atoms with E-state index in [0.717, 1.165) is 22.6 Å². The molecule has 1 aliphatic rings. The highest BCUT2D eigenvalue weighted by atomic mass is 32.1. The van der Waals surface area contributed by atoms with E-state index in [4.69, 9.17) is 4.74 Å². The first-order valence-corrected chi connectivity index (χ1v) is 9.57. The lowest BCUT2D eigenvalue weighted by molar-refractivity contribution is -0.159. The highest BCUT2D eigenvalue weighted by molar-refractivity contribution is 7.09. The number of ether oxygens (including phenoxy) is 1. The second kappa shape index (κ2) is 7.91. The van der Waals surface area contributed by atoms with Gasteiger partial charge in [0.2, 0.25) is 5.91 Å². The maximum atomic E-state index is 13.0. The molecule has 0 radical (unpaired) electrons. The number of aliphatic carboxylic acids is 1. The molecule has 1 fully saturated rings. The summed E-state index contributed by atoms with van der Waals surface area (Å²) in [6.45, 7) is 0.876. The first-order chi connectivity index (χ1) is 12.5. The van der Waals surface area contributed by atoms with Crippen LogP contribution in [0.25, 0.3) is 0 Å². The fourth-order valence-electron chi connectivity index (χ4n) is 3.33. The van der Waals surface area contributed by atoms with Crippen LogP contribution in [0.3, 0.4) is 0 Å². The van der Waals surface area contributed by atoms with Gasteiger partial charge in [-0.3, -0.25) is 9.59 Å². The Bertz CT molecular complexity index is 768. The molecule has 2 aromatic rings. The SMILES string of the molecule is COc1ccccc1CN(Cc1cccs1)C(=O)CC1(C(=O)O)CCC1. The number of methoxy groups -OCH3 is 1. The summed E-state index contributed by atoms with van der Waals surface area (Å²) in [6, 6.07) is 11.6. The standard InChI is InChI=1S/C20H23NO4S/c1-25-17-8-3-2-6-15(17)13-21(14-16-7-4-11-26-16)18(22)12-20(19(23)24)9-5-10-20/h2-4,6-8,11H,5,9-10,12-14H2,1H3,(H,23,24). The van der Waals surface area contributed by atoms with Gasteiger partial charge < -0.3 is 14.7 Å². The Morgan fingerprint density at radius 3 is 2.54 bits per heavy atom. The molecule has 138 valence electrons. The number of amides is 1. The normalized spacial score (nSPS) is 15.1. The maximum Gasteiger partial charge on any atom is 0.310 e. The van der Waals surface area contributed by atoms with E-state index in [1.807, 2.05) is 41.8 Å². The monoisotopic (exact) mass is 373 g/mol. The van der Waals surface area contributed by atoms with Gasteiger partial charge in [-0.25, -0.2) is 0 Å². The molecule has 1 saturated carbocycles. The number of thiophene rings is 1. The fourth-order valence-corrected chi connectivity index (χ4v) is 4.05. The molecule has 0 spiro atoms. The number of rotatable bonds is 8. The van der Waals surface area contributed by atoms with E-state index in [9.17, 15) is 14.7 Å². The van der Waals surface area contributed by atoms with Crippen molar-refractivity contribution in [3.8, 4) is 5.75 Å². The van der Waals surface area contributed by atoms with Crippen molar-refractivity contribution in [2.24, 2.45) is 5.41 Å². The minimum Gasteiger partial charge on any atom is -0.496 e. The van der Waals surface area contributed by atoms with Crippen LogP contribution in [0.4, 0.5) is 0 Å². The van der Waals surface area contributed by atoms with Crippen LogP contribution in [-0.4, -0.2) is 29.0 Å². The largest absolute Gasteiger partial charge is 0.496 e. The molecule has 1 heterocycles. The number of carboxylic acids is 1. The van der Waals surface area contributed by atoms with Crippen molar-refractivity contribution < 1.29 is 19.4 Å². The van der Waals surface area contributed by atoms with Crippen molar-refractivity contribution in [2.75, 3.05) is 7.11 Å². The number of benzene rings is 1. The number of nitrogens with zero attached hydrogens (tertiary/aromatic N) is 1. The molecule has 0 atom stereocenters. The van der Waals surface area contributed by atoms with Gasteiger partial charge in [0.15, 0.2) is 0 Å². The number of carbonyl (C=O) groups is 2. The van der Waals surface area contributed by atoms with Crippen LogP contribution >= 0.6 is 11.3 Å². The lowest BCUT2D eigenvalue weighted by Crippen LogP contribution is -2.43. The summed E-state index contributed by atoms with van der Waals surface area (Å²) in [7, 11) is 1.61. The van der Waals surface area contributed by atoms with Crippen LogP contribution in [-0.2, 0) is 22.7 Å². The molecular formula is C20H23NO4S. The lowest BCUT2D eigenvalue weighted by Gasteiger charge is -2.38. The average molecular weight is 373 g/mol. The maximum absolute atomic E-state index is 13.0. The predicted octanol–water partition coefficient (Wildman–Crippen LogP) is 3.93. The van der Waals surface area contributed by atoms with Gasteiger partial charge in [-0.05, 0) is 30.4 Å². The highest BCUT2D eigenvalue weighted by Gasteiger charge is 2.46. The molecule has 0 saturated heterocycles. The molecular weight excluding hydrogens is 350 g/mol. The van der Waals surface area contributed by atoms with Crippen LogP contribution in [0.5, 0.6) is 5.75 Å². The van der Waals surface area contributed by atoms with Gasteiger partial charge in [0.05, 0.1) is 19.1 Å². The van der Waals surface area contributed by atoms with E-state index in [0.29, 0.717) is 25.9 Å². The van der Waals surface area contributed by atoms with E-state index in [-0.39, 0.29) is 12.3 Å². The third kappa shape index (κ3) is 3.90. The van der Waals surface area contributed by atoms with E-state index >= 15 is 0 Å². The van der Waals surface area contributed by atoms with Crippen molar-refractivity contribution in [1.29, 1.82) is 0 Å². The summed E-state index contributed by atoms with van der Waals surface area (Å²) in [5.74, 6) is -0.245. The highest BCUT2D eigenvalue weighted by Crippen LogP contribution is 2.44. The van der Waals surface area contributed by atoms with E-state index in [1.54, 1.807) is 23.3 Å². The molecule has 1 aromatic carbocycles. The van der Waals surface area contributed by atoms with Crippen molar-refractivity contribution in [2.45, 2.75) is 38.8 Å². The van der Waals surface area contributed by atoms with Gasteiger partial charge in [-0.1, -0.05) is 30.7 Å². The van der Waals surface area contributed by atoms with Gasteiger partial charge in [0, 0.05) is 23.4 Å². The van der Waals surface area contributed by atoms with Crippen molar-refractivity contribution >= 4 is 23.2 Å².